The van der Waals surface area contributed by atoms with Crippen molar-refractivity contribution in [2.24, 2.45) is 0 Å². The van der Waals surface area contributed by atoms with Crippen molar-refractivity contribution >= 4 is 121 Å². The van der Waals surface area contributed by atoms with Gasteiger partial charge in [0.15, 0.2) is 11.6 Å². The molecule has 0 fully saturated rings. The van der Waals surface area contributed by atoms with Gasteiger partial charge in [0.25, 0.3) is 40.1 Å². The molecule has 2 N–H and O–H groups in total. The molecule has 0 saturated heterocycles. The maximum Gasteiger partial charge on any atom is 0.264 e. The van der Waals surface area contributed by atoms with Crippen LogP contribution < -0.4 is 17.2 Å². The van der Waals surface area contributed by atoms with Gasteiger partial charge in [-0.1, -0.05) is 72.0 Å². The molecule has 19 nitrogen and oxygen atoms in total. The lowest BCUT2D eigenvalue weighted by Gasteiger charge is -2.31. The van der Waals surface area contributed by atoms with Crippen molar-refractivity contribution in [2.75, 3.05) is 44.4 Å². The van der Waals surface area contributed by atoms with Crippen molar-refractivity contribution < 1.29 is 60.8 Å². The summed E-state index contributed by atoms with van der Waals surface area (Å²) in [6.07, 6.45) is 4.53. The van der Waals surface area contributed by atoms with Gasteiger partial charge in [-0.05, 0) is 152 Å². The Hall–Kier alpha value is -9.06. The fourth-order valence-corrected chi connectivity index (χ4v) is 17.1. The number of carbonyl (C=O) groups is 2. The van der Waals surface area contributed by atoms with Gasteiger partial charge in [0.05, 0.1) is 102 Å². The summed E-state index contributed by atoms with van der Waals surface area (Å²) in [6.45, 7) is -0.0425. The van der Waals surface area contributed by atoms with Crippen LogP contribution >= 0.6 is 46.4 Å². The number of fused-ring (bicyclic) bond motifs is 8. The predicted molar refractivity (Wildman–Crippen MR) is 364 cm³/mol. The topological polar surface area (TPSA) is 244 Å². The molecule has 0 radical (unpaired) electrons. The number of aromatic nitrogens is 4. The second-order valence-electron chi connectivity index (χ2n) is 21.7. The number of H-pyrrole nitrogens is 2. The van der Waals surface area contributed by atoms with E-state index in [-0.39, 0.29) is 105 Å². The maximum atomic E-state index is 14.4. The summed E-state index contributed by atoms with van der Waals surface area (Å²) in [7, 11) is -12.2. The second-order valence-corrected chi connectivity index (χ2v) is 30.8. The lowest BCUT2D eigenvalue weighted by molar-refractivity contribution is 0.0976. The highest BCUT2D eigenvalue weighted by molar-refractivity contribution is 7.93. The molecule has 10 aromatic rings. The number of nitrogens with one attached hydrogen (secondary N) is 2. The van der Waals surface area contributed by atoms with E-state index in [1.807, 2.05) is 0 Å². The van der Waals surface area contributed by atoms with E-state index < -0.39 is 74.9 Å². The predicted octanol–water partition coefficient (Wildman–Crippen LogP) is 14.4. The molecule has 0 bridgehead atoms. The summed E-state index contributed by atoms with van der Waals surface area (Å²) in [5.41, 5.74) is 3.77. The van der Waals surface area contributed by atoms with Crippen molar-refractivity contribution in [3.63, 3.8) is 0 Å². The number of rotatable bonds is 9. The van der Waals surface area contributed by atoms with E-state index in [9.17, 15) is 60.8 Å². The maximum absolute atomic E-state index is 14.4. The lowest BCUT2D eigenvalue weighted by atomic mass is 9.97. The lowest BCUT2D eigenvalue weighted by Crippen LogP contribution is -2.39. The quantitative estimate of drug-likeness (QED) is 0.101. The first-order chi connectivity index (χ1) is 45.6. The summed E-state index contributed by atoms with van der Waals surface area (Å²) >= 11 is 23.3. The minimum atomic E-state index is -4.00. The van der Waals surface area contributed by atoms with Gasteiger partial charge in [0.1, 0.15) is 23.3 Å². The molecule has 0 unspecified atom stereocenters. The molecule has 0 spiro atoms. The Morgan fingerprint density at radius 1 is 0.454 bits per heavy atom. The molecule has 0 atom stereocenters. The number of aromatic amines is 2. The zero-order valence-corrected chi connectivity index (χ0v) is 56.1. The first-order valence-electron chi connectivity index (χ1n) is 28.4. The van der Waals surface area contributed by atoms with Gasteiger partial charge >= 0.3 is 0 Å². The first-order valence-corrected chi connectivity index (χ1v) is 35.6. The van der Waals surface area contributed by atoms with Crippen LogP contribution in [0.3, 0.4) is 0 Å². The number of hydrogen-bond acceptors (Lipinski definition) is 13. The molecule has 97 heavy (non-hydrogen) atoms. The molecule has 0 amide bonds. The third-order valence-electron chi connectivity index (χ3n) is 15.3. The summed E-state index contributed by atoms with van der Waals surface area (Å²) in [6, 6.07) is 39.5. The number of ketones is 2. The standard InChI is InChI=1S/C18H16ClFN2O3S.2C16H11ClFN3O2S.C15H11ClFNO3S.CH4/c1-21(2)10-12-11-22(16-5-3-4-15(20)17(16)18(12)23)26(24,25)14-8-6-13(19)7-9-14;17-11-1-4-13(5-2-11)24(22,23)21-9-10-8-19-20-16(10)14-6-3-12(18)7-15(14)21;17-11-4-6-12(7-5-11)24(22,23)21-9-10-8-19-20-16(10)15-13(18)2-1-3-14(15)21;16-10-4-6-11(7-5-10)22(20,21)18-9-8-14(19)15-12(17)2-1-3-13(15)18;/h3-10H,11H2,1-2H3;2*1-8H,9H2,(H,19,20);1-7H,8-9H2;1H4. The van der Waals surface area contributed by atoms with E-state index in [1.54, 1.807) is 37.3 Å². The number of anilines is 4. The van der Waals surface area contributed by atoms with Crippen LogP contribution in [0.2, 0.25) is 20.1 Å². The van der Waals surface area contributed by atoms with Gasteiger partial charge in [0.2, 0.25) is 0 Å². The summed E-state index contributed by atoms with van der Waals surface area (Å²) in [5, 5.41) is 15.2. The third-order valence-corrected chi connectivity index (χ3v) is 23.4. The SMILES string of the molecule is C.CN(C)C=C1CN(S(=O)(=O)c2ccc(Cl)cc2)c2cccc(F)c2C1=O.O=C1CCN(S(=O)(=O)c2ccc(Cl)cc2)c2cccc(F)c21.O=S(=O)(c1ccc(Cl)cc1)N1Cc2cn[nH]c2-c2c(F)cccc21.O=S(=O)(c1ccc(Cl)cc1)N1Cc2cn[nH]c2-c2ccc(F)cc21. The molecule has 0 aliphatic carbocycles. The zero-order chi connectivity index (χ0) is 68.8. The van der Waals surface area contributed by atoms with Crippen molar-refractivity contribution in [1.82, 2.24) is 25.3 Å². The Morgan fingerprint density at radius 2 is 0.825 bits per heavy atom. The Kier molecular flexibility index (Phi) is 20.6. The minimum absolute atomic E-state index is 0. The third kappa shape index (κ3) is 14.1. The number of hydrogen-bond donors (Lipinski definition) is 2. The molecule has 4 aliphatic heterocycles. The van der Waals surface area contributed by atoms with Crippen LogP contribution in [0.5, 0.6) is 0 Å². The van der Waals surface area contributed by atoms with Crippen LogP contribution in [0.4, 0.5) is 40.3 Å². The number of benzene rings is 8. The average molecular weight is 1480 g/mol. The number of carbonyl (C=O) groups excluding carboxylic acids is 2. The van der Waals surface area contributed by atoms with Gasteiger partial charge in [-0.2, -0.15) is 10.2 Å². The second kappa shape index (κ2) is 28.2. The Bertz CT molecular complexity index is 5130. The Labute approximate surface area is 575 Å². The van der Waals surface area contributed by atoms with Gasteiger partial charge in [-0.3, -0.25) is 37.0 Å². The molecule has 31 heteroatoms. The molecule has 2 aromatic heterocycles. The Balaban J connectivity index is 0.000000140. The van der Waals surface area contributed by atoms with Gasteiger partial charge in [-0.15, -0.1) is 0 Å². The largest absolute Gasteiger partial charge is 0.383 e. The van der Waals surface area contributed by atoms with Crippen molar-refractivity contribution in [1.29, 1.82) is 0 Å². The van der Waals surface area contributed by atoms with Crippen LogP contribution in [-0.2, 0) is 53.2 Å². The average Bonchev–Trinajstić information content (AvgIpc) is 1.48. The van der Waals surface area contributed by atoms with Crippen LogP contribution in [0, 0.1) is 23.3 Å². The number of Topliss-reactive ketones (excluding diaryl/α,β-unsaturated/α-hetero) is 2. The molecular weight excluding hydrogens is 1420 g/mol. The van der Waals surface area contributed by atoms with Crippen LogP contribution in [0.25, 0.3) is 22.5 Å². The van der Waals surface area contributed by atoms with E-state index in [0.29, 0.717) is 42.6 Å². The van der Waals surface area contributed by atoms with E-state index >= 15 is 0 Å². The summed E-state index contributed by atoms with van der Waals surface area (Å²) in [4.78, 5) is 26.4. The minimum Gasteiger partial charge on any atom is -0.383 e. The first kappa shape index (κ1) is 70.7. The van der Waals surface area contributed by atoms with Crippen LogP contribution in [0.15, 0.2) is 214 Å². The summed E-state index contributed by atoms with van der Waals surface area (Å²) < 4.78 is 165. The normalized spacial score (nSPS) is 14.3. The molecule has 502 valence electrons. The molecule has 4 aliphatic rings. The van der Waals surface area contributed by atoms with Crippen LogP contribution in [-0.4, -0.2) is 97.7 Å². The summed E-state index contributed by atoms with van der Waals surface area (Å²) in [5.74, 6) is -3.39. The fraction of sp³-hybridized carbons (Fsp3) is 0.121. The molecular formula is C66H53Cl4F4N9O10S4. The molecule has 14 rings (SSSR count). The number of halogens is 8. The van der Waals surface area contributed by atoms with E-state index in [4.69, 9.17) is 46.4 Å². The zero-order valence-electron chi connectivity index (χ0n) is 49.8. The Morgan fingerprint density at radius 3 is 1.28 bits per heavy atom. The monoisotopic (exact) mass is 1480 g/mol. The van der Waals surface area contributed by atoms with Gasteiger partial charge in [0, 0.05) is 75.6 Å². The smallest absolute Gasteiger partial charge is 0.264 e. The highest BCUT2D eigenvalue weighted by atomic mass is 35.5. The van der Waals surface area contributed by atoms with Crippen molar-refractivity contribution in [3.8, 4) is 22.5 Å². The highest BCUT2D eigenvalue weighted by Gasteiger charge is 2.39. The number of nitrogens with zero attached hydrogens (tertiary/aromatic N) is 7. The highest BCUT2D eigenvalue weighted by Crippen LogP contribution is 2.44. The van der Waals surface area contributed by atoms with Crippen molar-refractivity contribution in [3.05, 3.63) is 260 Å². The van der Waals surface area contributed by atoms with Crippen LogP contribution in [0.1, 0.15) is 45.7 Å². The molecule has 8 aromatic carbocycles. The molecule has 6 heterocycles. The number of sulfonamides is 4. The fourth-order valence-electron chi connectivity index (χ4n) is 10.8. The van der Waals surface area contributed by atoms with Gasteiger partial charge < -0.3 is 4.90 Å². The van der Waals surface area contributed by atoms with E-state index in [0.717, 1.165) is 26.3 Å². The van der Waals surface area contributed by atoms with E-state index in [2.05, 4.69) is 20.4 Å². The van der Waals surface area contributed by atoms with Gasteiger partial charge in [-0.25, -0.2) is 51.2 Å². The van der Waals surface area contributed by atoms with Crippen molar-refractivity contribution in [2.45, 2.75) is 46.5 Å². The molecule has 0 saturated carbocycles. The van der Waals surface area contributed by atoms with E-state index in [1.165, 1.54) is 167 Å².